The molecule has 1 unspecified atom stereocenters. The predicted octanol–water partition coefficient (Wildman–Crippen LogP) is 2.91. The number of nitrogens with one attached hydrogen (secondary N) is 2. The summed E-state index contributed by atoms with van der Waals surface area (Å²) in [7, 11) is 0. The van der Waals surface area contributed by atoms with Crippen molar-refractivity contribution < 1.29 is 18.0 Å². The third-order valence-corrected chi connectivity index (χ3v) is 2.85. The molecular weight excluding hydrogens is 271 g/mol. The molecule has 0 radical (unpaired) electrons. The second-order valence-electron chi connectivity index (χ2n) is 4.57. The summed E-state index contributed by atoms with van der Waals surface area (Å²) in [6, 6.07) is 2.69. The van der Waals surface area contributed by atoms with Gasteiger partial charge < -0.3 is 10.7 Å². The van der Waals surface area contributed by atoms with E-state index in [0.717, 1.165) is 31.0 Å². The lowest BCUT2D eigenvalue weighted by Crippen LogP contribution is -2.33. The van der Waals surface area contributed by atoms with Crippen LogP contribution in [0.3, 0.4) is 0 Å². The van der Waals surface area contributed by atoms with E-state index in [2.05, 4.69) is 10.7 Å². The summed E-state index contributed by atoms with van der Waals surface area (Å²) < 4.78 is 38.0. The number of carbonyl (C=O) groups is 1. The van der Waals surface area contributed by atoms with Crippen molar-refractivity contribution in [1.29, 1.82) is 0 Å². The molecule has 7 heteroatoms. The van der Waals surface area contributed by atoms with Crippen molar-refractivity contribution in [3.8, 4) is 0 Å². The zero-order valence-corrected chi connectivity index (χ0v) is 11.3. The van der Waals surface area contributed by atoms with Gasteiger partial charge in [0, 0.05) is 6.04 Å². The van der Waals surface area contributed by atoms with Crippen molar-refractivity contribution in [2.45, 2.75) is 38.9 Å². The molecule has 0 aliphatic rings. The highest BCUT2D eigenvalue weighted by Crippen LogP contribution is 2.31. The lowest BCUT2D eigenvalue weighted by Gasteiger charge is -2.16. The van der Waals surface area contributed by atoms with Crippen molar-refractivity contribution in [3.05, 3.63) is 29.3 Å². The maximum atomic E-state index is 12.7. The first-order chi connectivity index (χ1) is 9.29. The van der Waals surface area contributed by atoms with E-state index in [-0.39, 0.29) is 17.3 Å². The van der Waals surface area contributed by atoms with Crippen LogP contribution in [0.4, 0.5) is 18.9 Å². The molecule has 1 amide bonds. The molecule has 20 heavy (non-hydrogen) atoms. The Labute approximate surface area is 115 Å². The topological polar surface area (TPSA) is 67.2 Å². The van der Waals surface area contributed by atoms with Crippen LogP contribution in [-0.4, -0.2) is 11.9 Å². The quantitative estimate of drug-likeness (QED) is 0.577. The van der Waals surface area contributed by atoms with Gasteiger partial charge in [0.25, 0.3) is 5.91 Å². The molecule has 0 saturated heterocycles. The fourth-order valence-corrected chi connectivity index (χ4v) is 1.84. The Bertz CT molecular complexity index is 474. The first-order valence-electron chi connectivity index (χ1n) is 6.28. The number of amides is 1. The van der Waals surface area contributed by atoms with E-state index in [0.29, 0.717) is 0 Å². The lowest BCUT2D eigenvalue weighted by molar-refractivity contribution is -0.137. The molecule has 0 bridgehead atoms. The number of hydrogen-bond acceptors (Lipinski definition) is 3. The van der Waals surface area contributed by atoms with Crippen molar-refractivity contribution in [2.24, 2.45) is 5.84 Å². The second-order valence-corrected chi connectivity index (χ2v) is 4.57. The molecule has 0 spiro atoms. The van der Waals surface area contributed by atoms with Crippen LogP contribution in [-0.2, 0) is 6.18 Å². The number of nitrogens with two attached hydrogens (primary N) is 1. The largest absolute Gasteiger partial charge is 0.416 e. The Balaban J connectivity index is 3.05. The molecule has 0 aliphatic carbocycles. The second kappa shape index (κ2) is 6.60. The molecule has 1 atom stereocenters. The fourth-order valence-electron chi connectivity index (χ4n) is 1.84. The van der Waals surface area contributed by atoms with Crippen LogP contribution < -0.4 is 16.6 Å². The Kier molecular flexibility index (Phi) is 5.38. The number of anilines is 1. The standard InChI is InChI=1S/C13H18F3N3O/c1-3-4-8(2)18-12(20)10-7-9(13(14,15)16)5-6-11(10)19-17/h5-8,19H,3-4,17H2,1-2H3,(H,18,20). The molecule has 4 N–H and O–H groups in total. The van der Waals surface area contributed by atoms with Gasteiger partial charge in [-0.3, -0.25) is 10.6 Å². The highest BCUT2D eigenvalue weighted by atomic mass is 19.4. The van der Waals surface area contributed by atoms with E-state index in [1.807, 2.05) is 6.92 Å². The predicted molar refractivity (Wildman–Crippen MR) is 71.1 cm³/mol. The fraction of sp³-hybridized carbons (Fsp3) is 0.462. The Morgan fingerprint density at radius 2 is 2.05 bits per heavy atom. The van der Waals surface area contributed by atoms with Crippen molar-refractivity contribution in [1.82, 2.24) is 5.32 Å². The van der Waals surface area contributed by atoms with Crippen molar-refractivity contribution in [3.63, 3.8) is 0 Å². The molecule has 0 aromatic heterocycles. The number of rotatable bonds is 5. The zero-order chi connectivity index (χ0) is 15.3. The van der Waals surface area contributed by atoms with E-state index >= 15 is 0 Å². The van der Waals surface area contributed by atoms with Crippen LogP contribution in [0, 0.1) is 0 Å². The zero-order valence-electron chi connectivity index (χ0n) is 11.3. The van der Waals surface area contributed by atoms with E-state index in [1.54, 1.807) is 6.92 Å². The number of nitrogen functional groups attached to an aromatic ring is 1. The molecule has 0 aliphatic heterocycles. The first-order valence-corrected chi connectivity index (χ1v) is 6.28. The van der Waals surface area contributed by atoms with E-state index < -0.39 is 17.6 Å². The van der Waals surface area contributed by atoms with Crippen molar-refractivity contribution >= 4 is 11.6 Å². The third-order valence-electron chi connectivity index (χ3n) is 2.85. The minimum Gasteiger partial charge on any atom is -0.350 e. The minimum absolute atomic E-state index is 0.118. The van der Waals surface area contributed by atoms with Gasteiger partial charge in [-0.2, -0.15) is 13.2 Å². The molecule has 112 valence electrons. The van der Waals surface area contributed by atoms with Gasteiger partial charge in [-0.1, -0.05) is 13.3 Å². The maximum Gasteiger partial charge on any atom is 0.416 e. The maximum absolute atomic E-state index is 12.7. The molecular formula is C13H18F3N3O. The minimum atomic E-state index is -4.50. The van der Waals surface area contributed by atoms with Crippen LogP contribution in [0.2, 0.25) is 0 Å². The van der Waals surface area contributed by atoms with Crippen molar-refractivity contribution in [2.75, 3.05) is 5.43 Å². The van der Waals surface area contributed by atoms with Gasteiger partial charge in [0.1, 0.15) is 0 Å². The molecule has 1 aromatic rings. The van der Waals surface area contributed by atoms with E-state index in [4.69, 9.17) is 5.84 Å². The van der Waals surface area contributed by atoms with Crippen LogP contribution in [0.5, 0.6) is 0 Å². The Hall–Kier alpha value is -1.76. The normalized spacial score (nSPS) is 12.9. The molecule has 1 rings (SSSR count). The summed E-state index contributed by atoms with van der Waals surface area (Å²) >= 11 is 0. The Morgan fingerprint density at radius 1 is 1.40 bits per heavy atom. The van der Waals surface area contributed by atoms with Gasteiger partial charge in [-0.05, 0) is 31.5 Å². The van der Waals surface area contributed by atoms with E-state index in [1.165, 1.54) is 0 Å². The third kappa shape index (κ3) is 4.12. The highest BCUT2D eigenvalue weighted by molar-refractivity contribution is 5.99. The number of hydrogen-bond donors (Lipinski definition) is 3. The highest BCUT2D eigenvalue weighted by Gasteiger charge is 2.31. The summed E-state index contributed by atoms with van der Waals surface area (Å²) in [5.74, 6) is 4.65. The van der Waals surface area contributed by atoms with E-state index in [9.17, 15) is 18.0 Å². The van der Waals surface area contributed by atoms with Crippen LogP contribution in [0.25, 0.3) is 0 Å². The molecule has 0 heterocycles. The van der Waals surface area contributed by atoms with Gasteiger partial charge in [0.15, 0.2) is 0 Å². The van der Waals surface area contributed by atoms with Gasteiger partial charge in [0.2, 0.25) is 0 Å². The van der Waals surface area contributed by atoms with Crippen LogP contribution >= 0.6 is 0 Å². The van der Waals surface area contributed by atoms with Gasteiger partial charge in [0.05, 0.1) is 16.8 Å². The molecule has 4 nitrogen and oxygen atoms in total. The smallest absolute Gasteiger partial charge is 0.350 e. The average Bonchev–Trinajstić information content (AvgIpc) is 2.37. The summed E-state index contributed by atoms with van der Waals surface area (Å²) in [5, 5.41) is 2.65. The monoisotopic (exact) mass is 289 g/mol. The summed E-state index contributed by atoms with van der Waals surface area (Å²) in [4.78, 5) is 12.0. The number of carbonyl (C=O) groups excluding carboxylic acids is 1. The van der Waals surface area contributed by atoms with Crippen LogP contribution in [0.15, 0.2) is 18.2 Å². The first kappa shape index (κ1) is 16.3. The number of benzene rings is 1. The SMILES string of the molecule is CCCC(C)NC(=O)c1cc(C(F)(F)F)ccc1NN. The van der Waals surface area contributed by atoms with Gasteiger partial charge in [-0.25, -0.2) is 0 Å². The Morgan fingerprint density at radius 3 is 2.55 bits per heavy atom. The molecule has 0 fully saturated rings. The number of hydrazine groups is 1. The summed E-state index contributed by atoms with van der Waals surface area (Å²) in [6.45, 7) is 3.75. The summed E-state index contributed by atoms with van der Waals surface area (Å²) in [6.07, 6.45) is -2.89. The lowest BCUT2D eigenvalue weighted by atomic mass is 10.1. The van der Waals surface area contributed by atoms with Gasteiger partial charge in [-0.15, -0.1) is 0 Å². The average molecular weight is 289 g/mol. The molecule has 0 saturated carbocycles. The van der Waals surface area contributed by atoms with Crippen LogP contribution in [0.1, 0.15) is 42.6 Å². The summed E-state index contributed by atoms with van der Waals surface area (Å²) in [5.41, 5.74) is 1.38. The van der Waals surface area contributed by atoms with Gasteiger partial charge >= 0.3 is 6.18 Å². The molecule has 1 aromatic carbocycles. The number of alkyl halides is 3. The number of halogens is 3.